The van der Waals surface area contributed by atoms with Gasteiger partial charge in [-0.2, -0.15) is 4.31 Å². The smallest absolute Gasteiger partial charge is 0.249 e. The van der Waals surface area contributed by atoms with Gasteiger partial charge < -0.3 is 10.3 Å². The van der Waals surface area contributed by atoms with E-state index >= 15 is 0 Å². The average Bonchev–Trinajstić information content (AvgIpc) is 2.85. The van der Waals surface area contributed by atoms with Crippen molar-refractivity contribution in [3.8, 4) is 0 Å². The SMILES string of the molecule is Cc1noc(C)c1S(=O)(=O)N1Cc2ccccc2CC1C(N)=O. The van der Waals surface area contributed by atoms with E-state index < -0.39 is 22.0 Å². The van der Waals surface area contributed by atoms with Crippen molar-refractivity contribution in [3.05, 3.63) is 46.8 Å². The molecule has 1 aromatic carbocycles. The number of nitrogens with zero attached hydrogens (tertiary/aromatic N) is 2. The fourth-order valence-electron chi connectivity index (χ4n) is 2.95. The Kier molecular flexibility index (Phi) is 3.73. The van der Waals surface area contributed by atoms with E-state index in [4.69, 9.17) is 10.3 Å². The van der Waals surface area contributed by atoms with E-state index in [0.717, 1.165) is 15.4 Å². The zero-order valence-corrected chi connectivity index (χ0v) is 13.6. The molecule has 8 heteroatoms. The van der Waals surface area contributed by atoms with Crippen LogP contribution in [0.2, 0.25) is 0 Å². The Morgan fingerprint density at radius 2 is 1.96 bits per heavy atom. The van der Waals surface area contributed by atoms with Crippen LogP contribution in [0.3, 0.4) is 0 Å². The van der Waals surface area contributed by atoms with Crippen LogP contribution in [0.4, 0.5) is 0 Å². The zero-order chi connectivity index (χ0) is 16.8. The maximum Gasteiger partial charge on any atom is 0.249 e. The van der Waals surface area contributed by atoms with Crippen molar-refractivity contribution in [1.82, 2.24) is 9.46 Å². The summed E-state index contributed by atoms with van der Waals surface area (Å²) in [7, 11) is -3.94. The number of rotatable bonds is 3. The highest BCUT2D eigenvalue weighted by Gasteiger charge is 2.41. The van der Waals surface area contributed by atoms with Crippen LogP contribution in [-0.2, 0) is 27.8 Å². The molecule has 0 saturated heterocycles. The van der Waals surface area contributed by atoms with E-state index in [2.05, 4.69) is 5.16 Å². The van der Waals surface area contributed by atoms with Crippen molar-refractivity contribution in [2.75, 3.05) is 0 Å². The Labute approximate surface area is 134 Å². The Bertz CT molecular complexity index is 853. The first-order valence-corrected chi connectivity index (χ1v) is 8.57. The number of hydrogen-bond acceptors (Lipinski definition) is 5. The molecule has 23 heavy (non-hydrogen) atoms. The molecule has 0 saturated carbocycles. The highest BCUT2D eigenvalue weighted by molar-refractivity contribution is 7.89. The summed E-state index contributed by atoms with van der Waals surface area (Å²) >= 11 is 0. The van der Waals surface area contributed by atoms with Crippen LogP contribution in [0.25, 0.3) is 0 Å². The monoisotopic (exact) mass is 335 g/mol. The summed E-state index contributed by atoms with van der Waals surface area (Å²) in [5.41, 5.74) is 7.52. The first-order valence-electron chi connectivity index (χ1n) is 7.13. The second kappa shape index (κ2) is 5.47. The topological polar surface area (TPSA) is 106 Å². The number of hydrogen-bond donors (Lipinski definition) is 1. The molecule has 1 amide bonds. The lowest BCUT2D eigenvalue weighted by molar-refractivity contribution is -0.122. The van der Waals surface area contributed by atoms with Gasteiger partial charge >= 0.3 is 0 Å². The Morgan fingerprint density at radius 3 is 2.52 bits per heavy atom. The maximum atomic E-state index is 13.0. The third kappa shape index (κ3) is 2.53. The van der Waals surface area contributed by atoms with Crippen molar-refractivity contribution >= 4 is 15.9 Å². The number of amides is 1. The quantitative estimate of drug-likeness (QED) is 0.896. The number of aromatic nitrogens is 1. The van der Waals surface area contributed by atoms with Gasteiger partial charge in [-0.05, 0) is 31.4 Å². The zero-order valence-electron chi connectivity index (χ0n) is 12.8. The molecule has 122 valence electrons. The van der Waals surface area contributed by atoms with Gasteiger partial charge in [0, 0.05) is 6.54 Å². The summed E-state index contributed by atoms with van der Waals surface area (Å²) < 4.78 is 32.2. The molecule has 1 aliphatic heterocycles. The van der Waals surface area contributed by atoms with Crippen molar-refractivity contribution < 1.29 is 17.7 Å². The summed E-state index contributed by atoms with van der Waals surface area (Å²) in [6.07, 6.45) is 0.258. The molecule has 7 nitrogen and oxygen atoms in total. The first kappa shape index (κ1) is 15.7. The number of benzene rings is 1. The van der Waals surface area contributed by atoms with Gasteiger partial charge in [0.25, 0.3) is 0 Å². The van der Waals surface area contributed by atoms with Gasteiger partial charge in [0.15, 0.2) is 5.76 Å². The summed E-state index contributed by atoms with van der Waals surface area (Å²) in [6, 6.07) is 6.50. The molecule has 3 rings (SSSR count). The number of nitrogens with two attached hydrogens (primary N) is 1. The minimum Gasteiger partial charge on any atom is -0.368 e. The van der Waals surface area contributed by atoms with E-state index in [1.165, 1.54) is 6.92 Å². The minimum atomic E-state index is -3.94. The van der Waals surface area contributed by atoms with E-state index in [9.17, 15) is 13.2 Å². The molecule has 2 heterocycles. The van der Waals surface area contributed by atoms with Crippen molar-refractivity contribution in [2.45, 2.75) is 37.8 Å². The molecule has 1 aliphatic rings. The molecule has 0 spiro atoms. The molecule has 1 atom stereocenters. The lowest BCUT2D eigenvalue weighted by atomic mass is 9.96. The molecular weight excluding hydrogens is 318 g/mol. The lowest BCUT2D eigenvalue weighted by Gasteiger charge is -2.33. The minimum absolute atomic E-state index is 0.00290. The Balaban J connectivity index is 2.12. The van der Waals surface area contributed by atoms with Crippen LogP contribution in [0, 0.1) is 13.8 Å². The van der Waals surface area contributed by atoms with Gasteiger partial charge in [-0.15, -0.1) is 0 Å². The van der Waals surface area contributed by atoms with Crippen LogP contribution in [0.5, 0.6) is 0 Å². The average molecular weight is 335 g/mol. The van der Waals surface area contributed by atoms with E-state index in [0.29, 0.717) is 0 Å². The predicted molar refractivity (Wildman–Crippen MR) is 81.8 cm³/mol. The normalized spacial score (nSPS) is 18.6. The third-order valence-electron chi connectivity index (χ3n) is 4.07. The summed E-state index contributed by atoms with van der Waals surface area (Å²) in [4.78, 5) is 11.8. The fourth-order valence-corrected chi connectivity index (χ4v) is 4.82. The van der Waals surface area contributed by atoms with Gasteiger partial charge in [0.1, 0.15) is 16.6 Å². The first-order chi connectivity index (χ1) is 10.8. The van der Waals surface area contributed by atoms with Crippen LogP contribution < -0.4 is 5.73 Å². The Morgan fingerprint density at radius 1 is 1.30 bits per heavy atom. The van der Waals surface area contributed by atoms with Gasteiger partial charge in [-0.3, -0.25) is 4.79 Å². The van der Waals surface area contributed by atoms with E-state index in [1.54, 1.807) is 6.92 Å². The molecule has 2 N–H and O–H groups in total. The number of carbonyl (C=O) groups is 1. The van der Waals surface area contributed by atoms with Gasteiger partial charge in [0.2, 0.25) is 15.9 Å². The van der Waals surface area contributed by atoms with E-state index in [-0.39, 0.29) is 29.3 Å². The molecule has 0 aliphatic carbocycles. The second-order valence-electron chi connectivity index (χ2n) is 5.59. The van der Waals surface area contributed by atoms with E-state index in [1.807, 2.05) is 24.3 Å². The second-order valence-corrected chi connectivity index (χ2v) is 7.42. The highest BCUT2D eigenvalue weighted by atomic mass is 32.2. The van der Waals surface area contributed by atoms with Crippen LogP contribution in [-0.4, -0.2) is 29.8 Å². The predicted octanol–water partition coefficient (Wildman–Crippen LogP) is 0.892. The van der Waals surface area contributed by atoms with Crippen molar-refractivity contribution in [3.63, 3.8) is 0 Å². The number of primary amides is 1. The molecule has 0 bridgehead atoms. The van der Waals surface area contributed by atoms with Gasteiger partial charge in [-0.1, -0.05) is 29.4 Å². The third-order valence-corrected chi connectivity index (χ3v) is 6.17. The van der Waals surface area contributed by atoms with Gasteiger partial charge in [-0.25, -0.2) is 8.42 Å². The molecule has 1 aromatic heterocycles. The number of aryl methyl sites for hydroxylation is 2. The number of sulfonamides is 1. The number of carbonyl (C=O) groups excluding carboxylic acids is 1. The van der Waals surface area contributed by atoms with Crippen molar-refractivity contribution in [2.24, 2.45) is 5.73 Å². The Hall–Kier alpha value is -2.19. The van der Waals surface area contributed by atoms with Crippen molar-refractivity contribution in [1.29, 1.82) is 0 Å². The summed E-state index contributed by atoms with van der Waals surface area (Å²) in [5.74, 6) is -0.473. The van der Waals surface area contributed by atoms with Gasteiger partial charge in [0.05, 0.1) is 0 Å². The standard InChI is InChI=1S/C15H17N3O4S/c1-9-14(10(2)22-17-9)23(20,21)18-8-12-6-4-3-5-11(12)7-13(18)15(16)19/h3-6,13H,7-8H2,1-2H3,(H2,16,19). The number of fused-ring (bicyclic) bond motifs is 1. The molecule has 0 fully saturated rings. The highest BCUT2D eigenvalue weighted by Crippen LogP contribution is 2.31. The molecule has 1 unspecified atom stereocenters. The fraction of sp³-hybridized carbons (Fsp3) is 0.333. The molecular formula is C15H17N3O4S. The largest absolute Gasteiger partial charge is 0.368 e. The summed E-state index contributed by atoms with van der Waals surface area (Å²) in [6.45, 7) is 3.18. The van der Waals surface area contributed by atoms with Crippen LogP contribution in [0.15, 0.2) is 33.7 Å². The van der Waals surface area contributed by atoms with Crippen LogP contribution >= 0.6 is 0 Å². The van der Waals surface area contributed by atoms with Crippen LogP contribution in [0.1, 0.15) is 22.6 Å². The summed E-state index contributed by atoms with van der Waals surface area (Å²) in [5, 5.41) is 3.69. The lowest BCUT2D eigenvalue weighted by Crippen LogP contribution is -2.51. The molecule has 0 radical (unpaired) electrons. The maximum absolute atomic E-state index is 13.0. The molecule has 2 aromatic rings.